The van der Waals surface area contributed by atoms with E-state index < -0.39 is 42.2 Å². The van der Waals surface area contributed by atoms with Gasteiger partial charge in [0.15, 0.2) is 0 Å². The van der Waals surface area contributed by atoms with E-state index in [0.717, 1.165) is 51.4 Å². The molecule has 0 radical (unpaired) electrons. The van der Waals surface area contributed by atoms with Gasteiger partial charge in [-0.25, -0.2) is 0 Å². The molecule has 0 aliphatic carbocycles. The summed E-state index contributed by atoms with van der Waals surface area (Å²) in [6.45, 7) is 0. The van der Waals surface area contributed by atoms with Gasteiger partial charge in [0, 0.05) is 25.7 Å². The largest absolute Gasteiger partial charge is 0.481 e. The van der Waals surface area contributed by atoms with Crippen molar-refractivity contribution in [2.75, 3.05) is 0 Å². The number of carbonyl (C=O) groups is 6. The number of hydrogen-bond acceptors (Lipinski definition) is 8. The summed E-state index contributed by atoms with van der Waals surface area (Å²) in [6.07, 6.45) is 8.39. The lowest BCUT2D eigenvalue weighted by Gasteiger charge is -2.05. The first-order valence-corrected chi connectivity index (χ1v) is 11.6. The number of carbonyl (C=O) groups excluding carboxylic acids is 4. The second-order valence-corrected chi connectivity index (χ2v) is 7.90. The number of hydrogen-bond donors (Lipinski definition) is 2. The van der Waals surface area contributed by atoms with Crippen LogP contribution in [0.2, 0.25) is 0 Å². The number of carboxylic acid groups (broad SMARTS) is 2. The molecule has 0 bridgehead atoms. The van der Waals surface area contributed by atoms with Crippen LogP contribution in [-0.4, -0.2) is 46.0 Å². The van der Waals surface area contributed by atoms with Crippen molar-refractivity contribution >= 4 is 35.8 Å². The molecular formula is C23H36O10. The van der Waals surface area contributed by atoms with Crippen LogP contribution in [0.5, 0.6) is 0 Å². The monoisotopic (exact) mass is 472 g/mol. The molecule has 0 aliphatic rings. The lowest BCUT2D eigenvalue weighted by atomic mass is 10.1. The van der Waals surface area contributed by atoms with E-state index in [9.17, 15) is 28.8 Å². The zero-order valence-electron chi connectivity index (χ0n) is 19.2. The number of ether oxygens (including phenoxy) is 2. The van der Waals surface area contributed by atoms with Gasteiger partial charge in [0.05, 0.1) is 0 Å². The Kier molecular flexibility index (Phi) is 18.2. The molecule has 0 rings (SSSR count). The summed E-state index contributed by atoms with van der Waals surface area (Å²) in [5.74, 6) is -5.23. The van der Waals surface area contributed by atoms with Crippen LogP contribution in [0.3, 0.4) is 0 Å². The van der Waals surface area contributed by atoms with E-state index in [2.05, 4.69) is 9.47 Å². The summed E-state index contributed by atoms with van der Waals surface area (Å²) in [4.78, 5) is 67.2. The highest BCUT2D eigenvalue weighted by atomic mass is 16.6. The fourth-order valence-electron chi connectivity index (χ4n) is 3.05. The lowest BCUT2D eigenvalue weighted by molar-refractivity contribution is -0.165. The van der Waals surface area contributed by atoms with Gasteiger partial charge >= 0.3 is 35.8 Å². The van der Waals surface area contributed by atoms with Crippen LogP contribution in [0.1, 0.15) is 109 Å². The topological polar surface area (TPSA) is 161 Å². The van der Waals surface area contributed by atoms with Crippen molar-refractivity contribution in [3.63, 3.8) is 0 Å². The normalized spacial score (nSPS) is 10.4. The molecule has 0 saturated heterocycles. The maximum atomic E-state index is 11.6. The van der Waals surface area contributed by atoms with Crippen LogP contribution in [0.15, 0.2) is 0 Å². The van der Waals surface area contributed by atoms with Crippen molar-refractivity contribution in [1.29, 1.82) is 0 Å². The first-order chi connectivity index (χ1) is 15.7. The van der Waals surface area contributed by atoms with Gasteiger partial charge in [-0.2, -0.15) is 0 Å². The number of esters is 4. The molecule has 0 atom stereocenters. The van der Waals surface area contributed by atoms with Gasteiger partial charge in [-0.3, -0.25) is 28.8 Å². The van der Waals surface area contributed by atoms with Gasteiger partial charge in [-0.1, -0.05) is 51.4 Å². The van der Waals surface area contributed by atoms with Crippen LogP contribution in [0.25, 0.3) is 0 Å². The van der Waals surface area contributed by atoms with E-state index in [4.69, 9.17) is 10.2 Å². The van der Waals surface area contributed by atoms with Gasteiger partial charge < -0.3 is 19.7 Å². The number of unbranched alkanes of at least 4 members (excludes halogenated alkanes) is 10. The van der Waals surface area contributed by atoms with Gasteiger partial charge in [0.1, 0.15) is 6.42 Å². The quantitative estimate of drug-likeness (QED) is 0.151. The van der Waals surface area contributed by atoms with Crippen molar-refractivity contribution in [2.24, 2.45) is 0 Å². The smallest absolute Gasteiger partial charge is 0.324 e. The maximum Gasteiger partial charge on any atom is 0.324 e. The molecule has 0 spiro atoms. The Morgan fingerprint density at radius 3 is 0.970 bits per heavy atom. The van der Waals surface area contributed by atoms with Crippen LogP contribution in [0.4, 0.5) is 0 Å². The Balaban J connectivity index is 3.69. The fraction of sp³-hybridized carbons (Fsp3) is 0.739. The molecule has 10 nitrogen and oxygen atoms in total. The molecular weight excluding hydrogens is 436 g/mol. The predicted octanol–water partition coefficient (Wildman–Crippen LogP) is 3.93. The van der Waals surface area contributed by atoms with Crippen molar-refractivity contribution in [3.05, 3.63) is 0 Å². The highest BCUT2D eigenvalue weighted by Gasteiger charge is 2.18. The third-order valence-electron chi connectivity index (χ3n) is 4.79. The fourth-order valence-corrected chi connectivity index (χ4v) is 3.05. The molecule has 188 valence electrons. The maximum absolute atomic E-state index is 11.6. The van der Waals surface area contributed by atoms with Crippen molar-refractivity contribution < 1.29 is 48.5 Å². The minimum absolute atomic E-state index is 0.0329. The number of carboxylic acids is 2. The first kappa shape index (κ1) is 30.2. The molecule has 0 fully saturated rings. The molecule has 0 saturated carbocycles. The van der Waals surface area contributed by atoms with Crippen LogP contribution >= 0.6 is 0 Å². The van der Waals surface area contributed by atoms with E-state index in [1.165, 1.54) is 0 Å². The van der Waals surface area contributed by atoms with Gasteiger partial charge in [0.2, 0.25) is 0 Å². The third kappa shape index (κ3) is 22.2. The summed E-state index contributed by atoms with van der Waals surface area (Å²) in [5, 5.41) is 17.1. The summed E-state index contributed by atoms with van der Waals surface area (Å²) in [6, 6.07) is 0. The van der Waals surface area contributed by atoms with Crippen LogP contribution in [-0.2, 0) is 38.2 Å². The molecule has 0 amide bonds. The minimum atomic E-state index is -1.06. The van der Waals surface area contributed by atoms with Gasteiger partial charge in [-0.15, -0.1) is 0 Å². The molecule has 0 aliphatic heterocycles. The molecule has 0 aromatic rings. The highest BCUT2D eigenvalue weighted by Crippen LogP contribution is 2.11. The lowest BCUT2D eigenvalue weighted by Crippen LogP contribution is -2.19. The second-order valence-electron chi connectivity index (χ2n) is 7.90. The third-order valence-corrected chi connectivity index (χ3v) is 4.79. The first-order valence-electron chi connectivity index (χ1n) is 11.6. The summed E-state index contributed by atoms with van der Waals surface area (Å²) >= 11 is 0. The molecule has 2 N–H and O–H groups in total. The average Bonchev–Trinajstić information content (AvgIpc) is 2.71. The van der Waals surface area contributed by atoms with E-state index in [-0.39, 0.29) is 25.7 Å². The Hall–Kier alpha value is -2.78. The standard InChI is InChI=1S/C23H36O10/c24-18(25)13-9-5-1-3-7-11-15-20(28)32-22(30)17-23(31)33-21(29)16-12-8-4-2-6-10-14-19(26)27/h1-17H2,(H,24,25)(H,26,27). The minimum Gasteiger partial charge on any atom is -0.481 e. The highest BCUT2D eigenvalue weighted by molar-refractivity contribution is 5.99. The predicted molar refractivity (Wildman–Crippen MR) is 116 cm³/mol. The molecule has 0 heterocycles. The molecule has 10 heteroatoms. The molecule has 0 aromatic carbocycles. The van der Waals surface area contributed by atoms with Crippen molar-refractivity contribution in [3.8, 4) is 0 Å². The zero-order valence-corrected chi connectivity index (χ0v) is 19.2. The van der Waals surface area contributed by atoms with Crippen molar-refractivity contribution in [1.82, 2.24) is 0 Å². The summed E-state index contributed by atoms with van der Waals surface area (Å²) in [7, 11) is 0. The molecule has 33 heavy (non-hydrogen) atoms. The van der Waals surface area contributed by atoms with E-state index in [1.54, 1.807) is 0 Å². The van der Waals surface area contributed by atoms with Gasteiger partial charge in [0.25, 0.3) is 0 Å². The molecule has 0 aromatic heterocycles. The average molecular weight is 473 g/mol. The molecule has 0 unspecified atom stereocenters. The Morgan fingerprint density at radius 2 is 0.667 bits per heavy atom. The van der Waals surface area contributed by atoms with E-state index in [1.807, 2.05) is 0 Å². The Morgan fingerprint density at radius 1 is 0.394 bits per heavy atom. The van der Waals surface area contributed by atoms with Crippen LogP contribution in [0, 0.1) is 0 Å². The van der Waals surface area contributed by atoms with Crippen LogP contribution < -0.4 is 0 Å². The van der Waals surface area contributed by atoms with E-state index in [0.29, 0.717) is 25.7 Å². The Labute approximate surface area is 194 Å². The summed E-state index contributed by atoms with van der Waals surface area (Å²) in [5.41, 5.74) is 0. The summed E-state index contributed by atoms with van der Waals surface area (Å²) < 4.78 is 9.08. The van der Waals surface area contributed by atoms with Crippen molar-refractivity contribution in [2.45, 2.75) is 109 Å². The SMILES string of the molecule is O=C(O)CCCCCCCCC(=O)OC(=O)CC(=O)OC(=O)CCCCCCCCC(=O)O. The number of aliphatic carboxylic acids is 2. The number of rotatable bonds is 20. The zero-order chi connectivity index (χ0) is 24.9. The Bertz CT molecular complexity index is 587. The van der Waals surface area contributed by atoms with Gasteiger partial charge in [-0.05, 0) is 25.7 Å². The second kappa shape index (κ2) is 19.9. The van der Waals surface area contributed by atoms with E-state index >= 15 is 0 Å².